The lowest BCUT2D eigenvalue weighted by Gasteiger charge is -2.21. The predicted octanol–water partition coefficient (Wildman–Crippen LogP) is 6.64. The molecule has 0 fully saturated rings. The third-order valence-corrected chi connectivity index (χ3v) is 6.91. The summed E-state index contributed by atoms with van der Waals surface area (Å²) in [5, 5.41) is 16.0. The lowest BCUT2D eigenvalue weighted by Crippen LogP contribution is -2.32. The summed E-state index contributed by atoms with van der Waals surface area (Å²) >= 11 is 13.5. The molecule has 2 N–H and O–H groups in total. The maximum atomic E-state index is 13.1. The van der Waals surface area contributed by atoms with Crippen LogP contribution in [-0.4, -0.2) is 32.3 Å². The normalized spacial score (nSPS) is 11.9. The molecule has 0 saturated heterocycles. The van der Waals surface area contributed by atoms with Crippen molar-refractivity contribution < 1.29 is 9.59 Å². The molecule has 0 aliphatic rings. The second kappa shape index (κ2) is 13.1. The van der Waals surface area contributed by atoms with Gasteiger partial charge in [-0.1, -0.05) is 61.0 Å². The molecule has 1 heterocycles. The zero-order valence-electron chi connectivity index (χ0n) is 21.3. The van der Waals surface area contributed by atoms with Gasteiger partial charge in [0.1, 0.15) is 0 Å². The van der Waals surface area contributed by atoms with Crippen molar-refractivity contribution >= 4 is 52.5 Å². The molecule has 3 aromatic rings. The minimum absolute atomic E-state index is 0.144. The minimum Gasteiger partial charge on any atom is -0.342 e. The lowest BCUT2D eigenvalue weighted by atomic mass is 10.0. The van der Waals surface area contributed by atoms with E-state index in [4.69, 9.17) is 23.2 Å². The van der Waals surface area contributed by atoms with Crippen molar-refractivity contribution in [2.75, 3.05) is 11.1 Å². The molecule has 10 heteroatoms. The molecule has 0 spiro atoms. The van der Waals surface area contributed by atoms with Crippen LogP contribution in [0.1, 0.15) is 53.6 Å². The molecule has 37 heavy (non-hydrogen) atoms. The Morgan fingerprint density at radius 3 is 2.43 bits per heavy atom. The molecule has 0 radical (unpaired) electrons. The fraction of sp³-hybridized carbons (Fsp3) is 0.333. The molecule has 2 aromatic carbocycles. The van der Waals surface area contributed by atoms with Crippen LogP contribution >= 0.6 is 35.0 Å². The number of benzene rings is 2. The summed E-state index contributed by atoms with van der Waals surface area (Å²) in [7, 11) is 0. The Hall–Kier alpha value is -2.81. The third kappa shape index (κ3) is 8.09. The van der Waals surface area contributed by atoms with E-state index in [0.717, 1.165) is 16.8 Å². The number of nitrogens with one attached hydrogen (secondary N) is 2. The highest BCUT2D eigenvalue weighted by Gasteiger charge is 2.25. The first-order valence-corrected chi connectivity index (χ1v) is 13.6. The molecule has 1 atom stereocenters. The van der Waals surface area contributed by atoms with Gasteiger partial charge in [0.05, 0.1) is 22.4 Å². The summed E-state index contributed by atoms with van der Waals surface area (Å²) in [5.41, 5.74) is 3.25. The number of aryl methyl sites for hydroxylation is 2. The molecular weight excluding hydrogens is 529 g/mol. The smallest absolute Gasteiger partial charge is 0.253 e. The van der Waals surface area contributed by atoms with Crippen LogP contribution in [0, 0.1) is 19.8 Å². The third-order valence-electron chi connectivity index (χ3n) is 5.39. The molecule has 0 aliphatic carbocycles. The van der Waals surface area contributed by atoms with Crippen LogP contribution in [0.15, 0.2) is 54.2 Å². The van der Waals surface area contributed by atoms with Crippen molar-refractivity contribution in [2.45, 2.75) is 51.9 Å². The topological polar surface area (TPSA) is 88.9 Å². The first-order chi connectivity index (χ1) is 17.6. The number of amides is 2. The van der Waals surface area contributed by atoms with Crippen molar-refractivity contribution in [1.29, 1.82) is 0 Å². The van der Waals surface area contributed by atoms with E-state index in [1.807, 2.05) is 30.5 Å². The van der Waals surface area contributed by atoms with Crippen molar-refractivity contribution in [1.82, 2.24) is 20.1 Å². The number of hydrogen-bond acceptors (Lipinski definition) is 5. The van der Waals surface area contributed by atoms with E-state index in [1.54, 1.807) is 18.2 Å². The summed E-state index contributed by atoms with van der Waals surface area (Å²) < 4.78 is 1.87. The van der Waals surface area contributed by atoms with E-state index in [1.165, 1.54) is 17.8 Å². The Morgan fingerprint density at radius 1 is 1.11 bits per heavy atom. The number of thioether (sulfide) groups is 1. The molecule has 2 amide bonds. The van der Waals surface area contributed by atoms with Gasteiger partial charge in [0.2, 0.25) is 5.91 Å². The summed E-state index contributed by atoms with van der Waals surface area (Å²) in [6, 6.07) is 10.2. The van der Waals surface area contributed by atoms with Crippen molar-refractivity contribution in [3.63, 3.8) is 0 Å². The molecule has 1 aromatic heterocycles. The average Bonchev–Trinajstić information content (AvgIpc) is 3.19. The van der Waals surface area contributed by atoms with Crippen LogP contribution in [0.25, 0.3) is 0 Å². The zero-order chi connectivity index (χ0) is 27.1. The summed E-state index contributed by atoms with van der Waals surface area (Å²) in [6.45, 7) is 12.4. The lowest BCUT2D eigenvalue weighted by molar-refractivity contribution is -0.113. The number of allylic oxidation sites excluding steroid dienone is 1. The van der Waals surface area contributed by atoms with Gasteiger partial charge in [-0.3, -0.25) is 9.59 Å². The van der Waals surface area contributed by atoms with Crippen LogP contribution in [-0.2, 0) is 11.3 Å². The highest BCUT2D eigenvalue weighted by molar-refractivity contribution is 7.99. The van der Waals surface area contributed by atoms with Gasteiger partial charge in [0.25, 0.3) is 5.91 Å². The summed E-state index contributed by atoms with van der Waals surface area (Å²) in [4.78, 5) is 25.7. The number of nitrogens with zero attached hydrogens (tertiary/aromatic N) is 3. The van der Waals surface area contributed by atoms with Crippen LogP contribution < -0.4 is 10.6 Å². The predicted molar refractivity (Wildman–Crippen MR) is 152 cm³/mol. The molecule has 0 unspecified atom stereocenters. The van der Waals surface area contributed by atoms with Gasteiger partial charge >= 0.3 is 0 Å². The SMILES string of the molecule is C=CCn1c(SCC(=O)Nc2cc(C)cc(C)c2)nnc1[C@H](CC(C)C)NC(=O)c1ccc(Cl)cc1Cl. The van der Waals surface area contributed by atoms with E-state index in [-0.39, 0.29) is 28.5 Å². The van der Waals surface area contributed by atoms with Gasteiger partial charge in [-0.2, -0.15) is 0 Å². The van der Waals surface area contributed by atoms with E-state index >= 15 is 0 Å². The monoisotopic (exact) mass is 559 g/mol. The van der Waals surface area contributed by atoms with Gasteiger partial charge in [0.15, 0.2) is 11.0 Å². The first-order valence-electron chi connectivity index (χ1n) is 11.9. The fourth-order valence-corrected chi connectivity index (χ4v) is 5.20. The van der Waals surface area contributed by atoms with Crippen LogP contribution in [0.5, 0.6) is 0 Å². The van der Waals surface area contributed by atoms with E-state index in [9.17, 15) is 9.59 Å². The molecule has 7 nitrogen and oxygen atoms in total. The van der Waals surface area contributed by atoms with Crippen molar-refractivity contribution in [3.05, 3.63) is 81.6 Å². The fourth-order valence-electron chi connectivity index (χ4n) is 3.95. The highest BCUT2D eigenvalue weighted by atomic mass is 35.5. The Bertz CT molecular complexity index is 1270. The van der Waals surface area contributed by atoms with E-state index in [0.29, 0.717) is 34.5 Å². The number of halogens is 2. The number of aromatic nitrogens is 3. The molecular formula is C27H31Cl2N5O2S. The number of carbonyl (C=O) groups is 2. The quantitative estimate of drug-likeness (QED) is 0.203. The standard InChI is InChI=1S/C27H31Cl2N5O2S/c1-6-9-34-25(23(10-16(2)3)31-26(36)21-8-7-19(28)14-22(21)29)32-33-27(34)37-15-24(35)30-20-12-17(4)11-18(5)13-20/h6-8,11-14,16,23H,1,9-10,15H2,2-5H3,(H,30,35)(H,31,36)/t23-/m0/s1. The van der Waals surface area contributed by atoms with E-state index in [2.05, 4.69) is 47.3 Å². The maximum absolute atomic E-state index is 13.1. The number of hydrogen-bond donors (Lipinski definition) is 2. The Labute approximate surface area is 232 Å². The number of carbonyl (C=O) groups excluding carboxylic acids is 2. The van der Waals surface area contributed by atoms with Crippen LogP contribution in [0.4, 0.5) is 5.69 Å². The van der Waals surface area contributed by atoms with Crippen molar-refractivity contribution in [2.24, 2.45) is 5.92 Å². The highest BCUT2D eigenvalue weighted by Crippen LogP contribution is 2.27. The number of anilines is 1. The van der Waals surface area contributed by atoms with Crippen molar-refractivity contribution in [3.8, 4) is 0 Å². The second-order valence-corrected chi connectivity index (χ2v) is 11.0. The molecule has 0 bridgehead atoms. The largest absolute Gasteiger partial charge is 0.342 e. The summed E-state index contributed by atoms with van der Waals surface area (Å²) in [5.74, 6) is 0.532. The average molecular weight is 561 g/mol. The van der Waals surface area contributed by atoms with E-state index < -0.39 is 6.04 Å². The molecule has 0 aliphatic heterocycles. The second-order valence-electron chi connectivity index (χ2n) is 9.23. The van der Waals surface area contributed by atoms with Gasteiger partial charge in [-0.25, -0.2) is 0 Å². The Balaban J connectivity index is 1.79. The maximum Gasteiger partial charge on any atom is 0.253 e. The first kappa shape index (κ1) is 28.8. The van der Waals surface area contributed by atoms with Crippen LogP contribution in [0.2, 0.25) is 10.0 Å². The van der Waals surface area contributed by atoms with Gasteiger partial charge in [0, 0.05) is 17.3 Å². The van der Waals surface area contributed by atoms with Crippen LogP contribution in [0.3, 0.4) is 0 Å². The van der Waals surface area contributed by atoms with Gasteiger partial charge in [-0.15, -0.1) is 16.8 Å². The summed E-state index contributed by atoms with van der Waals surface area (Å²) in [6.07, 6.45) is 2.36. The molecule has 3 rings (SSSR count). The Morgan fingerprint density at radius 2 is 1.81 bits per heavy atom. The zero-order valence-corrected chi connectivity index (χ0v) is 23.7. The number of rotatable bonds is 11. The Kier molecular flexibility index (Phi) is 10.2. The van der Waals surface area contributed by atoms with Gasteiger partial charge < -0.3 is 15.2 Å². The minimum atomic E-state index is -0.426. The van der Waals surface area contributed by atoms with Gasteiger partial charge in [-0.05, 0) is 67.6 Å². The molecule has 0 saturated carbocycles. The molecule has 196 valence electrons.